The highest BCUT2D eigenvalue weighted by Gasteiger charge is 2.51. The SMILES string of the molecule is CC[C@]12C=C(C(=O)OCCO)n3c4c(c5ccccc53)CCN(CCC1)[C@H]42. The number of aliphatic hydroxyl groups is 1. The number of carbonyl (C=O) groups is 1. The maximum Gasteiger partial charge on any atom is 0.355 e. The zero-order chi connectivity index (χ0) is 18.6. The average molecular weight is 366 g/mol. The summed E-state index contributed by atoms with van der Waals surface area (Å²) in [6.07, 6.45) is 6.49. The van der Waals surface area contributed by atoms with Gasteiger partial charge in [-0.3, -0.25) is 4.90 Å². The second-order valence-corrected chi connectivity index (χ2v) is 7.98. The molecule has 0 saturated carbocycles. The predicted molar refractivity (Wildman–Crippen MR) is 104 cm³/mol. The van der Waals surface area contributed by atoms with Gasteiger partial charge in [-0.1, -0.05) is 25.1 Å². The molecule has 4 heterocycles. The molecule has 0 unspecified atom stereocenters. The monoisotopic (exact) mass is 366 g/mol. The zero-order valence-electron chi connectivity index (χ0n) is 15.8. The van der Waals surface area contributed by atoms with Crippen LogP contribution < -0.4 is 0 Å². The van der Waals surface area contributed by atoms with Gasteiger partial charge >= 0.3 is 5.97 Å². The Hall–Kier alpha value is -2.11. The first-order valence-electron chi connectivity index (χ1n) is 10.1. The molecule has 2 atom stereocenters. The molecule has 27 heavy (non-hydrogen) atoms. The number of hydrogen-bond acceptors (Lipinski definition) is 4. The Balaban J connectivity index is 1.79. The number of rotatable bonds is 4. The van der Waals surface area contributed by atoms with Crippen LogP contribution in [0.3, 0.4) is 0 Å². The molecule has 0 spiro atoms. The van der Waals surface area contributed by atoms with Crippen LogP contribution in [0.5, 0.6) is 0 Å². The van der Waals surface area contributed by atoms with Crippen LogP contribution in [0.1, 0.15) is 43.5 Å². The van der Waals surface area contributed by atoms with Crippen LogP contribution in [-0.4, -0.2) is 46.8 Å². The number of fused-ring (bicyclic) bond motifs is 3. The van der Waals surface area contributed by atoms with Gasteiger partial charge in [-0.15, -0.1) is 0 Å². The maximum absolute atomic E-state index is 13.0. The van der Waals surface area contributed by atoms with Gasteiger partial charge in [0.25, 0.3) is 0 Å². The summed E-state index contributed by atoms with van der Waals surface area (Å²) < 4.78 is 7.52. The van der Waals surface area contributed by atoms with Crippen molar-refractivity contribution >= 4 is 22.6 Å². The second kappa shape index (κ2) is 6.21. The number of hydrogen-bond donors (Lipinski definition) is 1. The van der Waals surface area contributed by atoms with Gasteiger partial charge in [0.2, 0.25) is 0 Å². The Morgan fingerprint density at radius 3 is 3.00 bits per heavy atom. The third kappa shape index (κ3) is 2.28. The van der Waals surface area contributed by atoms with Crippen LogP contribution >= 0.6 is 0 Å². The second-order valence-electron chi connectivity index (χ2n) is 7.98. The van der Waals surface area contributed by atoms with E-state index in [1.54, 1.807) is 0 Å². The fourth-order valence-corrected chi connectivity index (χ4v) is 5.64. The third-order valence-electron chi connectivity index (χ3n) is 6.78. The molecule has 2 aromatic rings. The fourth-order valence-electron chi connectivity index (χ4n) is 5.64. The van der Waals surface area contributed by atoms with Crippen LogP contribution in [0, 0.1) is 5.41 Å². The van der Waals surface area contributed by atoms with Crippen molar-refractivity contribution in [3.8, 4) is 0 Å². The van der Waals surface area contributed by atoms with Crippen LogP contribution in [0.4, 0.5) is 0 Å². The number of aromatic nitrogens is 1. The summed E-state index contributed by atoms with van der Waals surface area (Å²) in [5, 5.41) is 10.4. The van der Waals surface area contributed by atoms with E-state index in [4.69, 9.17) is 9.84 Å². The van der Waals surface area contributed by atoms with Crippen LogP contribution in [0.15, 0.2) is 30.3 Å². The van der Waals surface area contributed by atoms with E-state index in [1.807, 2.05) is 6.07 Å². The lowest BCUT2D eigenvalue weighted by Crippen LogP contribution is -2.51. The van der Waals surface area contributed by atoms with Crippen molar-refractivity contribution in [3.63, 3.8) is 0 Å². The van der Waals surface area contributed by atoms with E-state index in [1.165, 1.54) is 16.6 Å². The summed E-state index contributed by atoms with van der Waals surface area (Å²) >= 11 is 0. The van der Waals surface area contributed by atoms with Crippen molar-refractivity contribution in [1.82, 2.24) is 9.47 Å². The maximum atomic E-state index is 13.0. The van der Waals surface area contributed by atoms with Crippen molar-refractivity contribution in [1.29, 1.82) is 0 Å². The average Bonchev–Trinajstić information content (AvgIpc) is 3.05. The predicted octanol–water partition coefficient (Wildman–Crippen LogP) is 3.12. The number of esters is 1. The van der Waals surface area contributed by atoms with E-state index in [0.717, 1.165) is 44.3 Å². The molecule has 0 aliphatic carbocycles. The Kier molecular flexibility index (Phi) is 3.92. The number of piperidine rings is 1. The molecule has 5 nitrogen and oxygen atoms in total. The van der Waals surface area contributed by atoms with E-state index < -0.39 is 0 Å². The van der Waals surface area contributed by atoms with Crippen molar-refractivity contribution in [2.75, 3.05) is 26.3 Å². The molecular weight excluding hydrogens is 340 g/mol. The topological polar surface area (TPSA) is 54.7 Å². The lowest BCUT2D eigenvalue weighted by atomic mass is 9.66. The number of carbonyl (C=O) groups excluding carboxylic acids is 1. The summed E-state index contributed by atoms with van der Waals surface area (Å²) in [7, 11) is 0. The lowest BCUT2D eigenvalue weighted by Gasteiger charge is -2.53. The highest BCUT2D eigenvalue weighted by atomic mass is 16.5. The number of benzene rings is 1. The van der Waals surface area contributed by atoms with E-state index in [9.17, 15) is 4.79 Å². The fraction of sp³-hybridized carbons (Fsp3) is 0.500. The Morgan fingerprint density at radius 2 is 2.19 bits per heavy atom. The van der Waals surface area contributed by atoms with Gasteiger partial charge in [0.05, 0.1) is 18.2 Å². The Bertz CT molecular complexity index is 944. The molecule has 5 rings (SSSR count). The molecule has 1 aromatic carbocycles. The quantitative estimate of drug-likeness (QED) is 0.845. The van der Waals surface area contributed by atoms with Crippen molar-refractivity contribution in [3.05, 3.63) is 41.6 Å². The standard InChI is InChI=1S/C22H26N2O3/c1-2-22-9-5-10-23-11-8-16-15-6-3-4-7-17(15)24(19(16)20(22)23)18(14-22)21(26)27-13-12-25/h3-4,6-7,14,20,25H,2,5,8-13H2,1H3/t20-,22-/m1/s1. The van der Waals surface area contributed by atoms with Crippen molar-refractivity contribution < 1.29 is 14.6 Å². The zero-order valence-corrected chi connectivity index (χ0v) is 15.8. The minimum Gasteiger partial charge on any atom is -0.459 e. The third-order valence-corrected chi connectivity index (χ3v) is 6.78. The Morgan fingerprint density at radius 1 is 1.33 bits per heavy atom. The van der Waals surface area contributed by atoms with Gasteiger partial charge in [0.1, 0.15) is 12.3 Å². The Labute approximate surface area is 159 Å². The highest BCUT2D eigenvalue weighted by molar-refractivity contribution is 6.13. The van der Waals surface area contributed by atoms with E-state index in [-0.39, 0.29) is 24.6 Å². The van der Waals surface area contributed by atoms with Crippen molar-refractivity contribution in [2.45, 2.75) is 38.6 Å². The molecule has 0 amide bonds. The minimum atomic E-state index is -0.332. The molecule has 1 saturated heterocycles. The largest absolute Gasteiger partial charge is 0.459 e. The van der Waals surface area contributed by atoms with Crippen LogP contribution in [0.2, 0.25) is 0 Å². The van der Waals surface area contributed by atoms with Gasteiger partial charge in [-0.2, -0.15) is 0 Å². The van der Waals surface area contributed by atoms with Gasteiger partial charge in [0, 0.05) is 23.0 Å². The van der Waals surface area contributed by atoms with Gasteiger partial charge in [-0.25, -0.2) is 4.79 Å². The van der Waals surface area contributed by atoms with Crippen LogP contribution in [-0.2, 0) is 16.0 Å². The number of para-hydroxylation sites is 1. The van der Waals surface area contributed by atoms with Crippen LogP contribution in [0.25, 0.3) is 16.6 Å². The highest BCUT2D eigenvalue weighted by Crippen LogP contribution is 2.57. The summed E-state index contributed by atoms with van der Waals surface area (Å²) in [5.74, 6) is -0.332. The lowest BCUT2D eigenvalue weighted by molar-refractivity contribution is -0.138. The van der Waals surface area contributed by atoms with Gasteiger partial charge in [0.15, 0.2) is 0 Å². The normalized spacial score (nSPS) is 26.6. The summed E-state index contributed by atoms with van der Waals surface area (Å²) in [6, 6.07) is 8.74. The summed E-state index contributed by atoms with van der Waals surface area (Å²) in [6.45, 7) is 4.34. The summed E-state index contributed by atoms with van der Waals surface area (Å²) in [4.78, 5) is 15.6. The van der Waals surface area contributed by atoms with E-state index in [0.29, 0.717) is 11.7 Å². The first-order valence-corrected chi connectivity index (χ1v) is 10.1. The smallest absolute Gasteiger partial charge is 0.355 e. The minimum absolute atomic E-state index is 0.0225. The molecule has 3 aliphatic rings. The number of aliphatic hydroxyl groups excluding tert-OH is 1. The molecule has 1 aromatic heterocycles. The first-order chi connectivity index (χ1) is 13.2. The molecule has 0 radical (unpaired) electrons. The first kappa shape index (κ1) is 17.0. The molecule has 5 heteroatoms. The molecular formula is C22H26N2O3. The molecule has 1 N–H and O–H groups in total. The van der Waals surface area contributed by atoms with Gasteiger partial charge in [-0.05, 0) is 49.9 Å². The molecule has 1 fully saturated rings. The van der Waals surface area contributed by atoms with E-state index in [2.05, 4.69) is 40.7 Å². The van der Waals surface area contributed by atoms with Gasteiger partial charge < -0.3 is 14.4 Å². The number of nitrogens with zero attached hydrogens (tertiary/aromatic N) is 2. The van der Waals surface area contributed by atoms with Crippen molar-refractivity contribution in [2.24, 2.45) is 5.41 Å². The van der Waals surface area contributed by atoms with E-state index >= 15 is 0 Å². The number of ether oxygens (including phenoxy) is 1. The molecule has 3 aliphatic heterocycles. The summed E-state index contributed by atoms with van der Waals surface area (Å²) in [5.41, 5.74) is 4.38. The molecule has 0 bridgehead atoms. The molecule has 142 valence electrons.